The van der Waals surface area contributed by atoms with Gasteiger partial charge in [-0.05, 0) is 30.0 Å². The van der Waals surface area contributed by atoms with Gasteiger partial charge in [-0.1, -0.05) is 0 Å². The van der Waals surface area contributed by atoms with Crippen molar-refractivity contribution < 1.29 is 28.7 Å². The van der Waals surface area contributed by atoms with Crippen LogP contribution in [-0.4, -0.2) is 25.8 Å². The topological polar surface area (TPSA) is 115 Å². The van der Waals surface area contributed by atoms with E-state index < -0.39 is 20.6 Å². The van der Waals surface area contributed by atoms with Crippen LogP contribution in [-0.2, 0) is 9.13 Å². The minimum Gasteiger partial charge on any atom is -0.324 e. The minimum atomic E-state index is -5.00. The predicted octanol–water partition coefficient (Wildman–Crippen LogP) is 2.05. The number of rotatable bonds is 4. The standard InChI is InChI=1S/C8H12O6P2S2/c1-18-5-2-3-7(17)6(4-5)8(15(9,10)11)16(12,13)14/h2-4,8,17H,1H3,(H2,9,10,11)(H2,12,13,14). The molecule has 4 N–H and O–H groups in total. The van der Waals surface area contributed by atoms with Gasteiger partial charge in [-0.15, -0.1) is 24.4 Å². The fourth-order valence-corrected chi connectivity index (χ4v) is 5.07. The molecule has 0 aliphatic carbocycles. The first kappa shape index (κ1) is 16.3. The molecule has 0 unspecified atom stereocenters. The molecule has 1 rings (SSSR count). The summed E-state index contributed by atoms with van der Waals surface area (Å²) in [4.78, 5) is 37.3. The van der Waals surface area contributed by atoms with Crippen LogP contribution in [0.1, 0.15) is 11.0 Å². The summed E-state index contributed by atoms with van der Waals surface area (Å²) in [6.07, 6.45) is 1.74. The van der Waals surface area contributed by atoms with E-state index in [9.17, 15) is 9.13 Å². The van der Waals surface area contributed by atoms with E-state index in [4.69, 9.17) is 19.6 Å². The van der Waals surface area contributed by atoms with Crippen LogP contribution < -0.4 is 0 Å². The number of hydrogen-bond acceptors (Lipinski definition) is 4. The Labute approximate surface area is 114 Å². The Hall–Kier alpha value is 0.220. The molecule has 0 heterocycles. The minimum absolute atomic E-state index is 0.129. The van der Waals surface area contributed by atoms with Gasteiger partial charge in [-0.25, -0.2) is 0 Å². The van der Waals surface area contributed by atoms with Gasteiger partial charge in [0, 0.05) is 9.79 Å². The normalized spacial score (nSPS) is 13.1. The van der Waals surface area contributed by atoms with Gasteiger partial charge in [0.1, 0.15) is 0 Å². The zero-order valence-electron chi connectivity index (χ0n) is 9.16. The molecule has 1 aromatic carbocycles. The van der Waals surface area contributed by atoms with Crippen LogP contribution >= 0.6 is 39.6 Å². The van der Waals surface area contributed by atoms with Gasteiger partial charge in [0.25, 0.3) is 0 Å². The molecule has 0 bridgehead atoms. The Bertz CT molecular complexity index is 514. The van der Waals surface area contributed by atoms with Crippen molar-refractivity contribution >= 4 is 39.6 Å². The summed E-state index contributed by atoms with van der Waals surface area (Å²) >= 11 is 5.28. The van der Waals surface area contributed by atoms with Crippen LogP contribution in [0.3, 0.4) is 0 Å². The van der Waals surface area contributed by atoms with Crippen molar-refractivity contribution in [3.63, 3.8) is 0 Å². The molecule has 0 amide bonds. The first-order valence-corrected chi connectivity index (χ1v) is 9.58. The molecule has 0 saturated carbocycles. The molecule has 0 aromatic heterocycles. The highest BCUT2D eigenvalue weighted by Crippen LogP contribution is 2.70. The lowest BCUT2D eigenvalue weighted by Gasteiger charge is -2.21. The van der Waals surface area contributed by atoms with Gasteiger partial charge in [-0.3, -0.25) is 9.13 Å². The molecule has 102 valence electrons. The number of benzene rings is 1. The van der Waals surface area contributed by atoms with Crippen molar-refractivity contribution in [1.82, 2.24) is 0 Å². The Kier molecular flexibility index (Phi) is 5.14. The third kappa shape index (κ3) is 3.85. The first-order chi connectivity index (χ1) is 8.07. The van der Waals surface area contributed by atoms with Crippen molar-refractivity contribution in [2.45, 2.75) is 15.2 Å². The second-order valence-corrected chi connectivity index (χ2v) is 8.63. The summed E-state index contributed by atoms with van der Waals surface area (Å²) in [6, 6.07) is 4.42. The molecule has 0 aliphatic heterocycles. The van der Waals surface area contributed by atoms with Crippen molar-refractivity contribution in [1.29, 1.82) is 0 Å². The molecule has 10 heteroatoms. The molecular weight excluding hydrogens is 318 g/mol. The molecule has 0 spiro atoms. The van der Waals surface area contributed by atoms with E-state index in [1.54, 1.807) is 12.3 Å². The average Bonchev–Trinajstić information content (AvgIpc) is 2.17. The van der Waals surface area contributed by atoms with E-state index in [-0.39, 0.29) is 10.5 Å². The Balaban J connectivity index is 3.48. The van der Waals surface area contributed by atoms with E-state index in [2.05, 4.69) is 12.6 Å². The highest BCUT2D eigenvalue weighted by molar-refractivity contribution is 7.98. The lowest BCUT2D eigenvalue weighted by atomic mass is 10.2. The van der Waals surface area contributed by atoms with Crippen molar-refractivity contribution in [3.05, 3.63) is 23.8 Å². The van der Waals surface area contributed by atoms with Gasteiger partial charge < -0.3 is 19.6 Å². The van der Waals surface area contributed by atoms with Crippen LogP contribution in [0.15, 0.2) is 28.0 Å². The molecule has 0 aliphatic rings. The summed E-state index contributed by atoms with van der Waals surface area (Å²) in [5.74, 6) is 0. The monoisotopic (exact) mass is 330 g/mol. The van der Waals surface area contributed by atoms with Crippen molar-refractivity contribution in [2.24, 2.45) is 0 Å². The maximum atomic E-state index is 11.3. The summed E-state index contributed by atoms with van der Waals surface area (Å²) < 4.78 is 22.6. The van der Waals surface area contributed by atoms with Crippen LogP contribution in [0.2, 0.25) is 0 Å². The molecule has 1 aromatic rings. The van der Waals surface area contributed by atoms with E-state index in [0.717, 1.165) is 0 Å². The highest BCUT2D eigenvalue weighted by Gasteiger charge is 2.45. The van der Waals surface area contributed by atoms with Gasteiger partial charge in [0.05, 0.1) is 0 Å². The highest BCUT2D eigenvalue weighted by atomic mass is 32.2. The predicted molar refractivity (Wildman–Crippen MR) is 72.3 cm³/mol. The molecule has 6 nitrogen and oxygen atoms in total. The van der Waals surface area contributed by atoms with Crippen LogP contribution in [0, 0.1) is 0 Å². The second kappa shape index (κ2) is 5.69. The fourth-order valence-electron chi connectivity index (χ4n) is 1.42. The van der Waals surface area contributed by atoms with Crippen LogP contribution in [0.4, 0.5) is 0 Å². The van der Waals surface area contributed by atoms with Crippen molar-refractivity contribution in [2.75, 3.05) is 6.26 Å². The zero-order chi connectivity index (χ0) is 14.1. The van der Waals surface area contributed by atoms with Crippen molar-refractivity contribution in [3.8, 4) is 0 Å². The Morgan fingerprint density at radius 2 is 1.67 bits per heavy atom. The third-order valence-corrected chi connectivity index (χ3v) is 6.92. The summed E-state index contributed by atoms with van der Waals surface area (Å²) in [5, 5.41) is -2.18. The van der Waals surface area contributed by atoms with Gasteiger partial charge in [-0.2, -0.15) is 0 Å². The summed E-state index contributed by atoms with van der Waals surface area (Å²) in [5.41, 5.74) is -0.146. The molecule has 0 saturated heterocycles. The Morgan fingerprint density at radius 3 is 2.06 bits per heavy atom. The van der Waals surface area contributed by atoms with Crippen LogP contribution in [0.5, 0.6) is 0 Å². The smallest absolute Gasteiger partial charge is 0.324 e. The molecule has 0 fully saturated rings. The summed E-state index contributed by atoms with van der Waals surface area (Å²) in [6.45, 7) is 0. The molecule has 0 atom stereocenters. The molecule has 0 radical (unpaired) electrons. The van der Waals surface area contributed by atoms with E-state index in [0.29, 0.717) is 4.90 Å². The van der Waals surface area contributed by atoms with Crippen LogP contribution in [0.25, 0.3) is 0 Å². The number of hydrogen-bond donors (Lipinski definition) is 5. The van der Waals surface area contributed by atoms with E-state index in [1.165, 1.54) is 23.9 Å². The molecule has 18 heavy (non-hydrogen) atoms. The lowest BCUT2D eigenvalue weighted by molar-refractivity contribution is 0.339. The average molecular weight is 330 g/mol. The maximum Gasteiger partial charge on any atom is 0.345 e. The SMILES string of the molecule is CSc1ccc(S)c(C(P(=O)(O)O)P(=O)(O)O)c1. The fraction of sp³-hybridized carbons (Fsp3) is 0.250. The number of thiol groups is 1. The second-order valence-electron chi connectivity index (χ2n) is 3.48. The molecular formula is C8H12O6P2S2. The quantitative estimate of drug-likeness (QED) is 0.326. The Morgan fingerprint density at radius 1 is 1.17 bits per heavy atom. The lowest BCUT2D eigenvalue weighted by Crippen LogP contribution is -2.02. The summed E-state index contributed by atoms with van der Waals surface area (Å²) in [7, 11) is -10.00. The first-order valence-electron chi connectivity index (χ1n) is 4.54. The third-order valence-electron chi connectivity index (χ3n) is 2.15. The van der Waals surface area contributed by atoms with Gasteiger partial charge >= 0.3 is 15.2 Å². The van der Waals surface area contributed by atoms with Gasteiger partial charge in [0.15, 0.2) is 5.40 Å². The van der Waals surface area contributed by atoms with E-state index >= 15 is 0 Å². The maximum absolute atomic E-state index is 11.3. The van der Waals surface area contributed by atoms with Gasteiger partial charge in [0.2, 0.25) is 0 Å². The van der Waals surface area contributed by atoms with E-state index in [1.807, 2.05) is 0 Å². The number of thioether (sulfide) groups is 1. The largest absolute Gasteiger partial charge is 0.345 e. The zero-order valence-corrected chi connectivity index (χ0v) is 12.7.